The maximum Gasteiger partial charge on any atom is 0.222 e. The number of nitrogens with zero attached hydrogens (tertiary/aromatic N) is 2. The third-order valence-electron chi connectivity index (χ3n) is 5.88. The first-order valence-electron chi connectivity index (χ1n) is 7.88. The van der Waals surface area contributed by atoms with Gasteiger partial charge in [0.15, 0.2) is 0 Å². The van der Waals surface area contributed by atoms with E-state index in [1.165, 1.54) is 45.2 Å². The van der Waals surface area contributed by atoms with E-state index in [9.17, 15) is 4.79 Å². The molecular weight excluding hydrogens is 224 g/mol. The molecule has 4 atom stereocenters. The van der Waals surface area contributed by atoms with Gasteiger partial charge in [0.2, 0.25) is 5.91 Å². The van der Waals surface area contributed by atoms with Gasteiger partial charge in [-0.15, -0.1) is 0 Å². The first kappa shape index (κ1) is 11.3. The van der Waals surface area contributed by atoms with E-state index in [-0.39, 0.29) is 0 Å². The molecule has 3 nitrogen and oxygen atoms in total. The van der Waals surface area contributed by atoms with Crippen LogP contribution in [0.15, 0.2) is 0 Å². The lowest BCUT2D eigenvalue weighted by molar-refractivity contribution is -0.150. The van der Waals surface area contributed by atoms with E-state index in [4.69, 9.17) is 0 Å². The molecule has 0 aliphatic carbocycles. The Labute approximate surface area is 110 Å². The zero-order chi connectivity index (χ0) is 12.1. The largest absolute Gasteiger partial charge is 0.339 e. The maximum atomic E-state index is 12.2. The van der Waals surface area contributed by atoms with Crippen molar-refractivity contribution in [2.24, 2.45) is 11.8 Å². The van der Waals surface area contributed by atoms with Gasteiger partial charge >= 0.3 is 0 Å². The summed E-state index contributed by atoms with van der Waals surface area (Å²) in [6.07, 6.45) is 8.64. The number of carbonyl (C=O) groups is 1. The van der Waals surface area contributed by atoms with Gasteiger partial charge in [-0.05, 0) is 63.5 Å². The van der Waals surface area contributed by atoms with Crippen LogP contribution in [0.3, 0.4) is 0 Å². The second kappa shape index (κ2) is 4.22. The van der Waals surface area contributed by atoms with Gasteiger partial charge in [-0.2, -0.15) is 0 Å². The Kier molecular flexibility index (Phi) is 2.65. The fourth-order valence-corrected chi connectivity index (χ4v) is 5.26. The lowest BCUT2D eigenvalue weighted by atomic mass is 9.68. The van der Waals surface area contributed by atoms with Crippen LogP contribution in [0.1, 0.15) is 44.9 Å². The molecule has 0 saturated carbocycles. The number of piperidine rings is 4. The number of carbonyl (C=O) groups excluding carboxylic acids is 1. The van der Waals surface area contributed by atoms with Gasteiger partial charge in [-0.3, -0.25) is 9.69 Å². The van der Waals surface area contributed by atoms with Crippen molar-refractivity contribution >= 4 is 5.91 Å². The zero-order valence-corrected chi connectivity index (χ0v) is 11.2. The van der Waals surface area contributed by atoms with Gasteiger partial charge in [0, 0.05) is 25.0 Å². The van der Waals surface area contributed by atoms with Crippen LogP contribution in [0.2, 0.25) is 0 Å². The molecule has 0 radical (unpaired) electrons. The SMILES string of the molecule is O=C1CCC[C@@H]2[C@H]3CCCN4CCC[C@@H](CN12)C34. The zero-order valence-electron chi connectivity index (χ0n) is 11.2. The molecule has 4 aliphatic rings. The molecule has 0 aromatic heterocycles. The Balaban J connectivity index is 1.66. The Hall–Kier alpha value is -0.570. The summed E-state index contributed by atoms with van der Waals surface area (Å²) in [5.41, 5.74) is 0. The molecular formula is C15H24N2O. The molecule has 0 aromatic carbocycles. The first-order chi connectivity index (χ1) is 8.84. The molecule has 0 spiro atoms. The average molecular weight is 248 g/mol. The van der Waals surface area contributed by atoms with Crippen molar-refractivity contribution in [3.05, 3.63) is 0 Å². The second-order valence-corrected chi connectivity index (χ2v) is 6.74. The van der Waals surface area contributed by atoms with Crippen LogP contribution in [0.4, 0.5) is 0 Å². The van der Waals surface area contributed by atoms with Gasteiger partial charge in [0.1, 0.15) is 0 Å². The van der Waals surface area contributed by atoms with E-state index in [1.54, 1.807) is 0 Å². The first-order valence-corrected chi connectivity index (χ1v) is 7.88. The molecule has 4 heterocycles. The Morgan fingerprint density at radius 1 is 1.00 bits per heavy atom. The smallest absolute Gasteiger partial charge is 0.222 e. The number of hydrogen-bond donors (Lipinski definition) is 0. The predicted molar refractivity (Wildman–Crippen MR) is 70.2 cm³/mol. The van der Waals surface area contributed by atoms with Crippen LogP contribution in [0.5, 0.6) is 0 Å². The highest BCUT2D eigenvalue weighted by molar-refractivity contribution is 5.77. The van der Waals surface area contributed by atoms with Crippen molar-refractivity contribution < 1.29 is 4.79 Å². The van der Waals surface area contributed by atoms with Crippen LogP contribution >= 0.6 is 0 Å². The van der Waals surface area contributed by atoms with Gasteiger partial charge in [0.05, 0.1) is 0 Å². The molecule has 1 unspecified atom stereocenters. The lowest BCUT2D eigenvalue weighted by Crippen LogP contribution is -2.66. The third-order valence-corrected chi connectivity index (χ3v) is 5.88. The fourth-order valence-electron chi connectivity index (χ4n) is 5.26. The molecule has 3 heteroatoms. The van der Waals surface area contributed by atoms with Crippen molar-refractivity contribution in [3.8, 4) is 0 Å². The normalized spacial score (nSPS) is 44.4. The number of amides is 1. The second-order valence-electron chi connectivity index (χ2n) is 6.74. The average Bonchev–Trinajstić information content (AvgIpc) is 2.41. The summed E-state index contributed by atoms with van der Waals surface area (Å²) in [6.45, 7) is 3.71. The maximum absolute atomic E-state index is 12.2. The number of fused-ring (bicyclic) bond motifs is 2. The quantitative estimate of drug-likeness (QED) is 0.653. The predicted octanol–water partition coefficient (Wildman–Crippen LogP) is 1.87. The summed E-state index contributed by atoms with van der Waals surface area (Å²) in [4.78, 5) is 17.2. The molecule has 18 heavy (non-hydrogen) atoms. The van der Waals surface area contributed by atoms with Crippen LogP contribution in [0.25, 0.3) is 0 Å². The molecule has 4 rings (SSSR count). The molecule has 0 aromatic rings. The Morgan fingerprint density at radius 3 is 2.72 bits per heavy atom. The van der Waals surface area contributed by atoms with Gasteiger partial charge < -0.3 is 4.90 Å². The highest BCUT2D eigenvalue weighted by Gasteiger charge is 2.50. The molecule has 4 fully saturated rings. The Bertz CT molecular complexity index is 354. The number of hydrogen-bond acceptors (Lipinski definition) is 2. The summed E-state index contributed by atoms with van der Waals surface area (Å²) < 4.78 is 0. The van der Waals surface area contributed by atoms with E-state index in [0.29, 0.717) is 11.9 Å². The van der Waals surface area contributed by atoms with Crippen LogP contribution < -0.4 is 0 Å². The van der Waals surface area contributed by atoms with Gasteiger partial charge in [-0.1, -0.05) is 0 Å². The van der Waals surface area contributed by atoms with Crippen LogP contribution in [-0.4, -0.2) is 47.4 Å². The third kappa shape index (κ3) is 1.56. The van der Waals surface area contributed by atoms with Crippen molar-refractivity contribution in [1.29, 1.82) is 0 Å². The van der Waals surface area contributed by atoms with Crippen LogP contribution in [-0.2, 0) is 4.79 Å². The summed E-state index contributed by atoms with van der Waals surface area (Å²) in [5, 5.41) is 0. The van der Waals surface area contributed by atoms with Crippen LogP contribution in [0, 0.1) is 11.8 Å². The monoisotopic (exact) mass is 248 g/mol. The van der Waals surface area contributed by atoms with E-state index < -0.39 is 0 Å². The van der Waals surface area contributed by atoms with E-state index in [1.807, 2.05) is 0 Å². The minimum absolute atomic E-state index is 0.451. The van der Waals surface area contributed by atoms with E-state index in [0.717, 1.165) is 37.3 Å². The molecule has 4 aliphatic heterocycles. The summed E-state index contributed by atoms with van der Waals surface area (Å²) in [5.74, 6) is 2.02. The van der Waals surface area contributed by atoms with Crippen molar-refractivity contribution in [2.75, 3.05) is 19.6 Å². The van der Waals surface area contributed by atoms with Crippen molar-refractivity contribution in [3.63, 3.8) is 0 Å². The minimum atomic E-state index is 0.451. The standard InChI is InChI=1S/C15H24N2O/c18-14-7-1-6-13-12-5-3-9-16-8-2-4-11(15(12)16)10-17(13)14/h11-13,15H,1-10H2/t11-,12+,13+,15?/m0/s1. The van der Waals surface area contributed by atoms with Gasteiger partial charge in [-0.25, -0.2) is 0 Å². The van der Waals surface area contributed by atoms with E-state index >= 15 is 0 Å². The molecule has 1 amide bonds. The summed E-state index contributed by atoms with van der Waals surface area (Å²) >= 11 is 0. The highest BCUT2D eigenvalue weighted by atomic mass is 16.2. The highest BCUT2D eigenvalue weighted by Crippen LogP contribution is 2.44. The fraction of sp³-hybridized carbons (Fsp3) is 0.933. The van der Waals surface area contributed by atoms with Crippen molar-refractivity contribution in [1.82, 2.24) is 9.80 Å². The minimum Gasteiger partial charge on any atom is -0.339 e. The molecule has 0 bridgehead atoms. The topological polar surface area (TPSA) is 23.6 Å². The molecule has 0 N–H and O–H groups in total. The van der Waals surface area contributed by atoms with E-state index in [2.05, 4.69) is 9.80 Å². The van der Waals surface area contributed by atoms with Gasteiger partial charge in [0.25, 0.3) is 0 Å². The summed E-state index contributed by atoms with van der Waals surface area (Å²) in [6, 6.07) is 1.41. The lowest BCUT2D eigenvalue weighted by Gasteiger charge is -2.58. The molecule has 4 saturated heterocycles. The molecule has 100 valence electrons. The Morgan fingerprint density at radius 2 is 1.83 bits per heavy atom. The number of rotatable bonds is 0. The van der Waals surface area contributed by atoms with Crippen molar-refractivity contribution in [2.45, 2.75) is 57.0 Å². The summed E-state index contributed by atoms with van der Waals surface area (Å²) in [7, 11) is 0.